The summed E-state index contributed by atoms with van der Waals surface area (Å²) in [5.41, 5.74) is -0.00210. The molecule has 10 nitrogen and oxygen atoms in total. The summed E-state index contributed by atoms with van der Waals surface area (Å²) in [5.74, 6) is -1.86. The van der Waals surface area contributed by atoms with E-state index in [1.165, 1.54) is 42.7 Å². The highest BCUT2D eigenvalue weighted by molar-refractivity contribution is 7.92. The molecule has 0 fully saturated rings. The van der Waals surface area contributed by atoms with Crippen molar-refractivity contribution in [2.45, 2.75) is 4.90 Å². The van der Waals surface area contributed by atoms with Gasteiger partial charge in [0.25, 0.3) is 10.0 Å². The zero-order valence-electron chi connectivity index (χ0n) is 16.2. The lowest BCUT2D eigenvalue weighted by atomic mass is 10.0. The van der Waals surface area contributed by atoms with Crippen molar-refractivity contribution < 1.29 is 23.4 Å². The van der Waals surface area contributed by atoms with Crippen LogP contribution in [0.15, 0.2) is 88.2 Å². The molecule has 1 heterocycles. The number of phenols is 1. The molecule has 0 aliphatic carbocycles. The molecule has 1 aromatic heterocycles. The second-order valence-electron chi connectivity index (χ2n) is 6.52. The molecule has 160 valence electrons. The number of sulfonamides is 1. The van der Waals surface area contributed by atoms with Gasteiger partial charge in [-0.05, 0) is 41.8 Å². The molecule has 0 amide bonds. The van der Waals surface area contributed by atoms with Crippen molar-refractivity contribution in [3.05, 3.63) is 78.6 Å². The Bertz CT molecular complexity index is 1440. The molecule has 0 atom stereocenters. The maximum Gasteiger partial charge on any atom is 0.340 e. The maximum absolute atomic E-state index is 12.4. The van der Waals surface area contributed by atoms with Crippen LogP contribution in [0.4, 0.5) is 17.3 Å². The Balaban J connectivity index is 1.61. The van der Waals surface area contributed by atoms with Crippen molar-refractivity contribution in [2.24, 2.45) is 10.2 Å². The molecule has 0 spiro atoms. The van der Waals surface area contributed by atoms with Crippen LogP contribution in [0.3, 0.4) is 0 Å². The first-order valence-corrected chi connectivity index (χ1v) is 10.6. The van der Waals surface area contributed by atoms with Crippen molar-refractivity contribution in [2.75, 3.05) is 4.72 Å². The van der Waals surface area contributed by atoms with Gasteiger partial charge >= 0.3 is 5.97 Å². The molecule has 3 N–H and O–H groups in total. The monoisotopic (exact) mass is 449 g/mol. The molecule has 0 saturated carbocycles. The predicted molar refractivity (Wildman–Crippen MR) is 116 cm³/mol. The van der Waals surface area contributed by atoms with Gasteiger partial charge in [0.2, 0.25) is 5.95 Å². The van der Waals surface area contributed by atoms with E-state index in [1.54, 1.807) is 30.3 Å². The van der Waals surface area contributed by atoms with Gasteiger partial charge in [-0.15, -0.1) is 5.11 Å². The molecule has 3 aromatic carbocycles. The van der Waals surface area contributed by atoms with E-state index >= 15 is 0 Å². The standard InChI is InChI=1S/C21H15N5O5S/c27-19-17(12-13-4-1-2-5-16(13)18(19)20(28)29)25-24-14-6-8-15(9-7-14)32(30,31)26-21-22-10-3-11-23-21/h1-12,27H,(H,28,29)(H,22,23,26). The van der Waals surface area contributed by atoms with E-state index in [-0.39, 0.29) is 22.1 Å². The molecule has 0 radical (unpaired) electrons. The van der Waals surface area contributed by atoms with Gasteiger partial charge in [0.15, 0.2) is 5.75 Å². The summed E-state index contributed by atoms with van der Waals surface area (Å²) >= 11 is 0. The fourth-order valence-corrected chi connectivity index (χ4v) is 3.91. The second kappa shape index (κ2) is 8.40. The second-order valence-corrected chi connectivity index (χ2v) is 8.20. The van der Waals surface area contributed by atoms with Gasteiger partial charge in [0, 0.05) is 17.8 Å². The van der Waals surface area contributed by atoms with E-state index < -0.39 is 21.7 Å². The number of benzene rings is 3. The van der Waals surface area contributed by atoms with Gasteiger partial charge in [-0.25, -0.2) is 27.9 Å². The molecule has 0 aliphatic rings. The molecule has 0 saturated heterocycles. The fraction of sp³-hybridized carbons (Fsp3) is 0. The summed E-state index contributed by atoms with van der Waals surface area (Å²) in [5, 5.41) is 28.8. The number of azo groups is 1. The number of nitrogens with one attached hydrogen (secondary N) is 1. The molecule has 4 aromatic rings. The van der Waals surface area contributed by atoms with Crippen LogP contribution in [0.5, 0.6) is 5.75 Å². The Morgan fingerprint density at radius 2 is 1.62 bits per heavy atom. The number of anilines is 1. The van der Waals surface area contributed by atoms with Crippen molar-refractivity contribution in [3.8, 4) is 5.75 Å². The normalized spacial score (nSPS) is 11.6. The summed E-state index contributed by atoms with van der Waals surface area (Å²) < 4.78 is 27.1. The predicted octanol–water partition coefficient (Wildman–Crippen LogP) is 4.25. The Hall–Kier alpha value is -4.38. The van der Waals surface area contributed by atoms with Crippen LogP contribution >= 0.6 is 0 Å². The van der Waals surface area contributed by atoms with Crippen LogP contribution in [0.1, 0.15) is 10.4 Å². The lowest BCUT2D eigenvalue weighted by Crippen LogP contribution is -2.14. The lowest BCUT2D eigenvalue weighted by Gasteiger charge is -2.08. The van der Waals surface area contributed by atoms with E-state index in [2.05, 4.69) is 24.9 Å². The van der Waals surface area contributed by atoms with Gasteiger partial charge in [-0.2, -0.15) is 5.11 Å². The van der Waals surface area contributed by atoms with Crippen molar-refractivity contribution in [1.29, 1.82) is 0 Å². The van der Waals surface area contributed by atoms with Gasteiger partial charge in [0.1, 0.15) is 11.3 Å². The molecule has 0 bridgehead atoms. The largest absolute Gasteiger partial charge is 0.505 e. The average molecular weight is 449 g/mol. The molecule has 4 rings (SSSR count). The third-order valence-corrected chi connectivity index (χ3v) is 5.77. The number of hydrogen-bond acceptors (Lipinski definition) is 8. The van der Waals surface area contributed by atoms with Crippen LogP contribution in [-0.4, -0.2) is 34.6 Å². The first kappa shape index (κ1) is 20.9. The summed E-state index contributed by atoms with van der Waals surface area (Å²) in [4.78, 5) is 19.2. The minimum atomic E-state index is -3.90. The zero-order chi connectivity index (χ0) is 22.7. The number of carboxylic acids is 1. The first-order chi connectivity index (χ1) is 15.3. The van der Waals surface area contributed by atoms with Crippen LogP contribution in [0.25, 0.3) is 10.8 Å². The Labute approximate surface area is 182 Å². The number of nitrogens with zero attached hydrogens (tertiary/aromatic N) is 4. The summed E-state index contributed by atoms with van der Waals surface area (Å²) in [6.07, 6.45) is 2.82. The van der Waals surface area contributed by atoms with Crippen LogP contribution in [0, 0.1) is 0 Å². The third kappa shape index (κ3) is 4.23. The minimum Gasteiger partial charge on any atom is -0.505 e. The number of carboxylic acid groups (broad SMARTS) is 1. The van der Waals surface area contributed by atoms with Crippen LogP contribution in [0.2, 0.25) is 0 Å². The number of rotatable bonds is 6. The molecule has 0 aliphatic heterocycles. The van der Waals surface area contributed by atoms with Crippen molar-refractivity contribution in [1.82, 2.24) is 9.97 Å². The van der Waals surface area contributed by atoms with Gasteiger partial charge in [-0.3, -0.25) is 0 Å². The topological polar surface area (TPSA) is 154 Å². The number of carbonyl (C=O) groups is 1. The van der Waals surface area contributed by atoms with Crippen LogP contribution < -0.4 is 4.72 Å². The number of aromatic nitrogens is 2. The van der Waals surface area contributed by atoms with Gasteiger partial charge in [0.05, 0.1) is 10.6 Å². The first-order valence-electron chi connectivity index (χ1n) is 9.15. The molecular weight excluding hydrogens is 434 g/mol. The third-order valence-electron chi connectivity index (χ3n) is 4.43. The Kier molecular flexibility index (Phi) is 5.48. The van der Waals surface area contributed by atoms with Crippen molar-refractivity contribution in [3.63, 3.8) is 0 Å². The van der Waals surface area contributed by atoms with E-state index in [0.717, 1.165) is 0 Å². The molecule has 11 heteroatoms. The summed E-state index contributed by atoms with van der Waals surface area (Å²) in [6, 6.07) is 15.2. The number of fused-ring (bicyclic) bond motifs is 1. The smallest absolute Gasteiger partial charge is 0.340 e. The molecular formula is C21H15N5O5S. The van der Waals surface area contributed by atoms with E-state index in [0.29, 0.717) is 16.5 Å². The van der Waals surface area contributed by atoms with Crippen molar-refractivity contribution >= 4 is 44.1 Å². The quantitative estimate of drug-likeness (QED) is 0.372. The maximum atomic E-state index is 12.4. The highest BCUT2D eigenvalue weighted by Gasteiger charge is 2.18. The zero-order valence-corrected chi connectivity index (χ0v) is 17.1. The van der Waals surface area contributed by atoms with E-state index in [1.807, 2.05) is 0 Å². The molecule has 0 unspecified atom stereocenters. The SMILES string of the molecule is O=C(O)c1c(O)c(N=Nc2ccc(S(=O)(=O)Nc3ncccn3)cc2)cc2ccccc12. The van der Waals surface area contributed by atoms with Crippen LogP contribution in [-0.2, 0) is 10.0 Å². The number of hydrogen-bond donors (Lipinski definition) is 3. The van der Waals surface area contributed by atoms with Gasteiger partial charge in [-0.1, -0.05) is 24.3 Å². The number of aromatic hydroxyl groups is 1. The average Bonchev–Trinajstić information content (AvgIpc) is 2.78. The summed E-state index contributed by atoms with van der Waals surface area (Å²) in [7, 11) is -3.90. The lowest BCUT2D eigenvalue weighted by molar-refractivity contribution is 0.0696. The Morgan fingerprint density at radius 3 is 2.31 bits per heavy atom. The highest BCUT2D eigenvalue weighted by atomic mass is 32.2. The molecule has 32 heavy (non-hydrogen) atoms. The van der Waals surface area contributed by atoms with E-state index in [9.17, 15) is 23.4 Å². The fourth-order valence-electron chi connectivity index (χ4n) is 2.95. The Morgan fingerprint density at radius 1 is 0.938 bits per heavy atom. The summed E-state index contributed by atoms with van der Waals surface area (Å²) in [6.45, 7) is 0. The van der Waals surface area contributed by atoms with E-state index in [4.69, 9.17) is 0 Å². The number of aromatic carboxylic acids is 1. The minimum absolute atomic E-state index is 0.0271. The van der Waals surface area contributed by atoms with Gasteiger partial charge < -0.3 is 10.2 Å². The highest BCUT2D eigenvalue weighted by Crippen LogP contribution is 2.37.